The summed E-state index contributed by atoms with van der Waals surface area (Å²) in [6.45, 7) is 2.02. The number of rotatable bonds is 5. The van der Waals surface area contributed by atoms with Gasteiger partial charge in [0.25, 0.3) is 0 Å². The van der Waals surface area contributed by atoms with E-state index in [0.717, 1.165) is 24.3 Å². The molecule has 2 aromatic carbocycles. The normalized spacial score (nSPS) is 13.8. The van der Waals surface area contributed by atoms with Gasteiger partial charge in [-0.15, -0.1) is 0 Å². The molecule has 1 aliphatic heterocycles. The molecule has 0 bridgehead atoms. The first-order chi connectivity index (χ1) is 16.4. The van der Waals surface area contributed by atoms with Crippen LogP contribution in [0.25, 0.3) is 17.4 Å². The second-order valence-corrected chi connectivity index (χ2v) is 9.54. The number of nitrogens with one attached hydrogen (secondary N) is 2. The summed E-state index contributed by atoms with van der Waals surface area (Å²) >= 11 is 23.8. The number of amides is 1. The molecule has 0 unspecified atom stereocenters. The van der Waals surface area contributed by atoms with E-state index in [9.17, 15) is 4.79 Å². The Hall–Kier alpha value is -2.51. The lowest BCUT2D eigenvalue weighted by Gasteiger charge is -2.29. The molecule has 0 spiro atoms. The van der Waals surface area contributed by atoms with Gasteiger partial charge in [-0.05, 0) is 86.1 Å². The Bertz CT molecular complexity index is 1220. The third-order valence-electron chi connectivity index (χ3n) is 5.31. The molecule has 1 saturated heterocycles. The van der Waals surface area contributed by atoms with Crippen LogP contribution in [-0.4, -0.2) is 24.1 Å². The third kappa shape index (κ3) is 6.54. The summed E-state index contributed by atoms with van der Waals surface area (Å²) in [4.78, 5) is 14.6. The molecule has 1 fully saturated rings. The van der Waals surface area contributed by atoms with E-state index in [0.29, 0.717) is 32.3 Å². The van der Waals surface area contributed by atoms with Gasteiger partial charge in [0, 0.05) is 40.5 Å². The number of hydrogen-bond donors (Lipinski definition) is 2. The van der Waals surface area contributed by atoms with Crippen LogP contribution in [0.2, 0.25) is 15.1 Å². The van der Waals surface area contributed by atoms with Crippen LogP contribution in [0.3, 0.4) is 0 Å². The first-order valence-electron chi connectivity index (χ1n) is 10.8. The molecule has 0 aliphatic carbocycles. The fraction of sp³-hybridized carbons (Fsp3) is 0.200. The van der Waals surface area contributed by atoms with Crippen molar-refractivity contribution in [1.29, 1.82) is 0 Å². The molecule has 0 atom stereocenters. The van der Waals surface area contributed by atoms with Gasteiger partial charge in [-0.2, -0.15) is 0 Å². The van der Waals surface area contributed by atoms with Crippen molar-refractivity contribution in [2.45, 2.75) is 19.3 Å². The Morgan fingerprint density at radius 1 is 0.971 bits per heavy atom. The van der Waals surface area contributed by atoms with Crippen molar-refractivity contribution < 1.29 is 9.21 Å². The highest BCUT2D eigenvalue weighted by Crippen LogP contribution is 2.31. The highest BCUT2D eigenvalue weighted by Gasteiger charge is 2.14. The van der Waals surface area contributed by atoms with E-state index in [-0.39, 0.29) is 5.11 Å². The summed E-state index contributed by atoms with van der Waals surface area (Å²) in [6, 6.07) is 14.4. The lowest BCUT2D eigenvalue weighted by molar-refractivity contribution is -0.115. The number of carbonyl (C=O) groups excluding carboxylic acids is 1. The van der Waals surface area contributed by atoms with Crippen LogP contribution < -0.4 is 15.5 Å². The molecule has 1 aliphatic rings. The molecule has 4 rings (SSSR count). The van der Waals surface area contributed by atoms with Crippen LogP contribution in [0.5, 0.6) is 0 Å². The third-order valence-corrected chi connectivity index (χ3v) is 6.26. The van der Waals surface area contributed by atoms with Gasteiger partial charge in [0.05, 0.1) is 10.7 Å². The summed E-state index contributed by atoms with van der Waals surface area (Å²) in [5.41, 5.74) is 2.47. The maximum absolute atomic E-state index is 12.3. The molecule has 1 amide bonds. The minimum Gasteiger partial charge on any atom is -0.457 e. The van der Waals surface area contributed by atoms with Crippen molar-refractivity contribution in [3.63, 3.8) is 0 Å². The molecule has 9 heteroatoms. The van der Waals surface area contributed by atoms with E-state index < -0.39 is 5.91 Å². The van der Waals surface area contributed by atoms with Crippen molar-refractivity contribution in [3.05, 3.63) is 75.4 Å². The predicted molar refractivity (Wildman–Crippen MR) is 145 cm³/mol. The Balaban J connectivity index is 1.32. The van der Waals surface area contributed by atoms with Crippen LogP contribution in [-0.2, 0) is 4.79 Å². The number of furan rings is 1. The highest BCUT2D eigenvalue weighted by molar-refractivity contribution is 7.80. The fourth-order valence-corrected chi connectivity index (χ4v) is 4.79. The van der Waals surface area contributed by atoms with E-state index in [4.69, 9.17) is 51.4 Å². The molecular formula is C25H22Cl3N3O2S. The van der Waals surface area contributed by atoms with E-state index in [1.807, 2.05) is 18.2 Å². The summed E-state index contributed by atoms with van der Waals surface area (Å²) in [7, 11) is 0. The monoisotopic (exact) mass is 533 g/mol. The van der Waals surface area contributed by atoms with Gasteiger partial charge in [-0.3, -0.25) is 10.1 Å². The van der Waals surface area contributed by atoms with E-state index >= 15 is 0 Å². The SMILES string of the molecule is O=C(/C=C/c1ccc(-c2cc(Cl)cc(Cl)c2)o1)NC(=S)Nc1ccc(N2CCCCC2)c(Cl)c1. The van der Waals surface area contributed by atoms with E-state index in [1.54, 1.807) is 36.4 Å². The van der Waals surface area contributed by atoms with Gasteiger partial charge in [-0.25, -0.2) is 0 Å². The zero-order chi connectivity index (χ0) is 24.1. The van der Waals surface area contributed by atoms with Crippen molar-refractivity contribution in [2.24, 2.45) is 0 Å². The Morgan fingerprint density at radius 2 is 1.71 bits per heavy atom. The van der Waals surface area contributed by atoms with Gasteiger partial charge in [0.2, 0.25) is 5.91 Å². The van der Waals surface area contributed by atoms with Crippen molar-refractivity contribution >= 4 is 75.5 Å². The molecule has 34 heavy (non-hydrogen) atoms. The van der Waals surface area contributed by atoms with Gasteiger partial charge < -0.3 is 14.6 Å². The molecule has 2 N–H and O–H groups in total. The van der Waals surface area contributed by atoms with Crippen molar-refractivity contribution in [2.75, 3.05) is 23.3 Å². The Morgan fingerprint density at radius 3 is 2.41 bits per heavy atom. The predicted octanol–water partition coefficient (Wildman–Crippen LogP) is 7.42. The number of benzene rings is 2. The summed E-state index contributed by atoms with van der Waals surface area (Å²) < 4.78 is 5.75. The van der Waals surface area contributed by atoms with E-state index in [2.05, 4.69) is 15.5 Å². The second kappa shape index (κ2) is 11.3. The Labute approximate surface area is 218 Å². The van der Waals surface area contributed by atoms with Crippen molar-refractivity contribution in [1.82, 2.24) is 5.32 Å². The largest absolute Gasteiger partial charge is 0.457 e. The van der Waals surface area contributed by atoms with Crippen LogP contribution >= 0.6 is 47.0 Å². The Kier molecular flexibility index (Phi) is 8.16. The van der Waals surface area contributed by atoms with Gasteiger partial charge in [-0.1, -0.05) is 34.8 Å². The fourth-order valence-electron chi connectivity index (χ4n) is 3.74. The van der Waals surface area contributed by atoms with Gasteiger partial charge in [0.1, 0.15) is 11.5 Å². The van der Waals surface area contributed by atoms with Crippen molar-refractivity contribution in [3.8, 4) is 11.3 Å². The highest BCUT2D eigenvalue weighted by atomic mass is 35.5. The van der Waals surface area contributed by atoms with Crippen LogP contribution in [0.15, 0.2) is 59.0 Å². The number of hydrogen-bond acceptors (Lipinski definition) is 4. The first kappa shape index (κ1) is 24.6. The van der Waals surface area contributed by atoms with E-state index in [1.165, 1.54) is 25.3 Å². The molecule has 2 heterocycles. The van der Waals surface area contributed by atoms with Crippen LogP contribution in [0, 0.1) is 0 Å². The summed E-state index contributed by atoms with van der Waals surface area (Å²) in [5.74, 6) is 0.698. The molecule has 3 aromatic rings. The molecular weight excluding hydrogens is 513 g/mol. The topological polar surface area (TPSA) is 57.5 Å². The molecule has 5 nitrogen and oxygen atoms in total. The number of halogens is 3. The maximum Gasteiger partial charge on any atom is 0.250 e. The number of nitrogens with zero attached hydrogens (tertiary/aromatic N) is 1. The first-order valence-corrected chi connectivity index (χ1v) is 12.3. The number of piperidine rings is 1. The van der Waals surface area contributed by atoms with Crippen LogP contribution in [0.4, 0.5) is 11.4 Å². The molecule has 0 saturated carbocycles. The quantitative estimate of drug-likeness (QED) is 0.263. The average molecular weight is 535 g/mol. The molecule has 176 valence electrons. The van der Waals surface area contributed by atoms with Gasteiger partial charge >= 0.3 is 0 Å². The smallest absolute Gasteiger partial charge is 0.250 e. The number of thiocarbonyl (C=S) groups is 1. The van der Waals surface area contributed by atoms with Crippen LogP contribution in [0.1, 0.15) is 25.0 Å². The average Bonchev–Trinajstić information content (AvgIpc) is 3.27. The molecule has 0 radical (unpaired) electrons. The summed E-state index contributed by atoms with van der Waals surface area (Å²) in [6.07, 6.45) is 6.50. The maximum atomic E-state index is 12.3. The minimum atomic E-state index is -0.391. The lowest BCUT2D eigenvalue weighted by atomic mass is 10.1. The standard InChI is InChI=1S/C25H22Cl3N3O2S/c26-17-12-16(13-18(27)14-17)23-8-5-20(33-23)6-9-24(32)30-25(34)29-19-4-7-22(21(28)15-19)31-10-2-1-3-11-31/h4-9,12-15H,1-3,10-11H2,(H2,29,30,32,34)/b9-6+. The minimum absolute atomic E-state index is 0.171. The second-order valence-electron chi connectivity index (χ2n) is 7.85. The zero-order valence-corrected chi connectivity index (χ0v) is 21.2. The number of anilines is 2. The number of carbonyl (C=O) groups is 1. The zero-order valence-electron chi connectivity index (χ0n) is 18.1. The van der Waals surface area contributed by atoms with Gasteiger partial charge in [0.15, 0.2) is 5.11 Å². The molecule has 1 aromatic heterocycles. The summed E-state index contributed by atoms with van der Waals surface area (Å²) in [5, 5.41) is 7.45. The lowest BCUT2D eigenvalue weighted by Crippen LogP contribution is -2.33.